The molecule has 8 heteroatoms. The summed E-state index contributed by atoms with van der Waals surface area (Å²) < 4.78 is 5.16. The highest BCUT2D eigenvalue weighted by Gasteiger charge is 2.17. The number of amides is 2. The smallest absolute Gasteiger partial charge is 0.321 e. The fraction of sp³-hybridized carbons (Fsp3) is 0.444. The highest BCUT2D eigenvalue weighted by Crippen LogP contribution is 2.17. The second kappa shape index (κ2) is 8.46. The first-order chi connectivity index (χ1) is 12.7. The molecule has 0 radical (unpaired) electrons. The van der Waals surface area contributed by atoms with Gasteiger partial charge < -0.3 is 20.3 Å². The van der Waals surface area contributed by atoms with Crippen molar-refractivity contribution in [2.75, 3.05) is 30.4 Å². The molecule has 8 nitrogen and oxygen atoms in total. The monoisotopic (exact) mass is 356 g/mol. The fourth-order valence-electron chi connectivity index (χ4n) is 2.77. The van der Waals surface area contributed by atoms with Gasteiger partial charge in [0.05, 0.1) is 13.7 Å². The highest BCUT2D eigenvalue weighted by molar-refractivity contribution is 5.89. The zero-order valence-corrected chi connectivity index (χ0v) is 15.2. The molecular formula is C18H24N6O2. The van der Waals surface area contributed by atoms with E-state index in [0.29, 0.717) is 11.8 Å². The van der Waals surface area contributed by atoms with E-state index in [1.165, 1.54) is 12.7 Å². The summed E-state index contributed by atoms with van der Waals surface area (Å²) in [5, 5.41) is 5.57. The summed E-state index contributed by atoms with van der Waals surface area (Å²) in [4.78, 5) is 27.2. The zero-order valence-electron chi connectivity index (χ0n) is 15.2. The Labute approximate surface area is 153 Å². The van der Waals surface area contributed by atoms with Crippen molar-refractivity contribution in [2.24, 2.45) is 0 Å². The van der Waals surface area contributed by atoms with Crippen LogP contribution in [0, 0.1) is 0 Å². The van der Waals surface area contributed by atoms with Crippen LogP contribution < -0.4 is 20.3 Å². The summed E-state index contributed by atoms with van der Waals surface area (Å²) in [7, 11) is 1.52. The minimum atomic E-state index is -0.309. The lowest BCUT2D eigenvalue weighted by molar-refractivity contribution is 0.251. The number of carbonyl (C=O) groups is 1. The van der Waals surface area contributed by atoms with Crippen LogP contribution in [-0.4, -0.2) is 41.2 Å². The van der Waals surface area contributed by atoms with Gasteiger partial charge in [0, 0.05) is 18.8 Å². The predicted octanol–water partition coefficient (Wildman–Crippen LogP) is 2.36. The number of hydrogen-bond donors (Lipinski definition) is 2. The van der Waals surface area contributed by atoms with Gasteiger partial charge in [0.15, 0.2) is 5.82 Å². The number of benzene rings is 1. The van der Waals surface area contributed by atoms with Gasteiger partial charge in [0.1, 0.15) is 0 Å². The summed E-state index contributed by atoms with van der Waals surface area (Å²) in [5.41, 5.74) is 1.97. The molecule has 26 heavy (non-hydrogen) atoms. The molecule has 1 aromatic heterocycles. The third-order valence-corrected chi connectivity index (χ3v) is 4.25. The van der Waals surface area contributed by atoms with Gasteiger partial charge >= 0.3 is 12.0 Å². The Balaban J connectivity index is 1.60. The van der Waals surface area contributed by atoms with Crippen LogP contribution >= 0.6 is 0 Å². The van der Waals surface area contributed by atoms with Crippen LogP contribution in [-0.2, 0) is 13.0 Å². The van der Waals surface area contributed by atoms with Crippen LogP contribution in [0.1, 0.15) is 31.2 Å². The number of methoxy groups -OCH3 is 1. The molecule has 1 aliphatic heterocycles. The van der Waals surface area contributed by atoms with E-state index >= 15 is 0 Å². The molecule has 0 atom stereocenters. The molecule has 2 aromatic rings. The summed E-state index contributed by atoms with van der Waals surface area (Å²) >= 11 is 0. The minimum absolute atomic E-state index is 0.193. The number of urea groups is 1. The topological polar surface area (TPSA) is 92.3 Å². The van der Waals surface area contributed by atoms with E-state index in [9.17, 15) is 4.79 Å². The molecule has 0 spiro atoms. The van der Waals surface area contributed by atoms with E-state index in [4.69, 9.17) is 4.74 Å². The van der Waals surface area contributed by atoms with Gasteiger partial charge in [-0.15, -0.1) is 0 Å². The van der Waals surface area contributed by atoms with Gasteiger partial charge in [-0.1, -0.05) is 19.1 Å². The normalized spacial score (nSPS) is 13.5. The predicted molar refractivity (Wildman–Crippen MR) is 99.5 cm³/mol. The Morgan fingerprint density at radius 1 is 1.15 bits per heavy atom. The van der Waals surface area contributed by atoms with Crippen LogP contribution in [0.3, 0.4) is 0 Å². The first-order valence-electron chi connectivity index (χ1n) is 8.85. The van der Waals surface area contributed by atoms with Crippen molar-refractivity contribution in [1.82, 2.24) is 20.3 Å². The number of rotatable bonds is 6. The molecule has 1 aliphatic rings. The minimum Gasteiger partial charge on any atom is -0.467 e. The van der Waals surface area contributed by atoms with E-state index in [1.807, 2.05) is 24.3 Å². The maximum absolute atomic E-state index is 12.1. The van der Waals surface area contributed by atoms with E-state index in [0.717, 1.165) is 38.0 Å². The van der Waals surface area contributed by atoms with Crippen molar-refractivity contribution in [3.05, 3.63) is 35.7 Å². The third-order valence-electron chi connectivity index (χ3n) is 4.25. The molecule has 2 N–H and O–H groups in total. The summed E-state index contributed by atoms with van der Waals surface area (Å²) in [5.74, 6) is 1.07. The molecule has 2 amide bonds. The Kier molecular flexibility index (Phi) is 5.83. The van der Waals surface area contributed by atoms with Crippen molar-refractivity contribution in [3.63, 3.8) is 0 Å². The van der Waals surface area contributed by atoms with E-state index in [1.54, 1.807) is 0 Å². The van der Waals surface area contributed by atoms with Crippen LogP contribution in [0.15, 0.2) is 24.3 Å². The van der Waals surface area contributed by atoms with Crippen molar-refractivity contribution in [3.8, 4) is 6.01 Å². The average molecular weight is 356 g/mol. The van der Waals surface area contributed by atoms with Gasteiger partial charge in [-0.3, -0.25) is 0 Å². The standard InChI is InChI=1S/C18H24N6O2/c1-3-13-6-8-14(9-7-13)20-17(25)19-12-15-21-16(23-18(22-15)26-2)24-10-4-5-11-24/h6-9H,3-5,10-12H2,1-2H3,(H2,19,20,25). The van der Waals surface area contributed by atoms with Crippen molar-refractivity contribution >= 4 is 17.7 Å². The lowest BCUT2D eigenvalue weighted by Crippen LogP contribution is -2.29. The highest BCUT2D eigenvalue weighted by atomic mass is 16.5. The molecule has 1 aromatic carbocycles. The molecule has 1 saturated heterocycles. The van der Waals surface area contributed by atoms with E-state index in [2.05, 4.69) is 37.4 Å². The number of anilines is 2. The molecule has 1 fully saturated rings. The van der Waals surface area contributed by atoms with Crippen molar-refractivity contribution in [2.45, 2.75) is 32.7 Å². The van der Waals surface area contributed by atoms with Crippen molar-refractivity contribution in [1.29, 1.82) is 0 Å². The largest absolute Gasteiger partial charge is 0.467 e. The first kappa shape index (κ1) is 17.9. The third kappa shape index (κ3) is 4.59. The van der Waals surface area contributed by atoms with Gasteiger partial charge in [-0.25, -0.2) is 4.79 Å². The van der Waals surface area contributed by atoms with Crippen LogP contribution in [0.5, 0.6) is 6.01 Å². The number of ether oxygens (including phenoxy) is 1. The number of aromatic nitrogens is 3. The molecule has 0 saturated carbocycles. The first-order valence-corrected chi connectivity index (χ1v) is 8.85. The summed E-state index contributed by atoms with van der Waals surface area (Å²) in [6.07, 6.45) is 3.22. The molecule has 3 rings (SSSR count). The quantitative estimate of drug-likeness (QED) is 0.825. The molecular weight excluding hydrogens is 332 g/mol. The Bertz CT molecular complexity index is 744. The maximum atomic E-state index is 12.1. The number of nitrogens with one attached hydrogen (secondary N) is 2. The fourth-order valence-corrected chi connectivity index (χ4v) is 2.77. The average Bonchev–Trinajstić information content (AvgIpc) is 3.21. The Morgan fingerprint density at radius 2 is 1.88 bits per heavy atom. The van der Waals surface area contributed by atoms with Gasteiger partial charge in [0.25, 0.3) is 0 Å². The maximum Gasteiger partial charge on any atom is 0.321 e. The Hall–Kier alpha value is -2.90. The number of aryl methyl sites for hydroxylation is 1. The SMILES string of the molecule is CCc1ccc(NC(=O)NCc2nc(OC)nc(N3CCCC3)n2)cc1. The van der Waals surface area contributed by atoms with Gasteiger partial charge in [-0.05, 0) is 37.0 Å². The number of nitrogens with zero attached hydrogens (tertiary/aromatic N) is 4. The molecule has 0 aliphatic carbocycles. The summed E-state index contributed by atoms with van der Waals surface area (Å²) in [6, 6.07) is 7.71. The zero-order chi connectivity index (χ0) is 18.4. The molecule has 138 valence electrons. The van der Waals surface area contributed by atoms with Gasteiger partial charge in [-0.2, -0.15) is 15.0 Å². The lowest BCUT2D eigenvalue weighted by atomic mass is 10.1. The van der Waals surface area contributed by atoms with Crippen LogP contribution in [0.2, 0.25) is 0 Å². The molecule has 2 heterocycles. The number of carbonyl (C=O) groups excluding carboxylic acids is 1. The van der Waals surface area contributed by atoms with Crippen molar-refractivity contribution < 1.29 is 9.53 Å². The van der Waals surface area contributed by atoms with E-state index < -0.39 is 0 Å². The molecule has 0 bridgehead atoms. The summed E-state index contributed by atoms with van der Waals surface area (Å²) in [6.45, 7) is 4.13. The van der Waals surface area contributed by atoms with Crippen LogP contribution in [0.25, 0.3) is 0 Å². The Morgan fingerprint density at radius 3 is 2.54 bits per heavy atom. The van der Waals surface area contributed by atoms with Crippen LogP contribution in [0.4, 0.5) is 16.4 Å². The van der Waals surface area contributed by atoms with Gasteiger partial charge in [0.2, 0.25) is 5.95 Å². The second-order valence-corrected chi connectivity index (χ2v) is 6.09. The second-order valence-electron chi connectivity index (χ2n) is 6.09. The lowest BCUT2D eigenvalue weighted by Gasteiger charge is -2.16. The van der Waals surface area contributed by atoms with E-state index in [-0.39, 0.29) is 18.6 Å². The molecule has 0 unspecified atom stereocenters. The number of hydrogen-bond acceptors (Lipinski definition) is 6.